The summed E-state index contributed by atoms with van der Waals surface area (Å²) in [6.45, 7) is 9.09. The highest BCUT2D eigenvalue weighted by Crippen LogP contribution is 2.39. The molecule has 5 nitrogen and oxygen atoms in total. The van der Waals surface area contributed by atoms with E-state index in [2.05, 4.69) is 5.32 Å². The van der Waals surface area contributed by atoms with Gasteiger partial charge in [0.2, 0.25) is 5.91 Å². The average molecular weight is 493 g/mol. The molecule has 0 radical (unpaired) electrons. The minimum absolute atomic E-state index is 0. The van der Waals surface area contributed by atoms with E-state index in [-0.39, 0.29) is 49.0 Å². The normalized spacial score (nSPS) is 22.7. The van der Waals surface area contributed by atoms with Crippen LogP contribution >= 0.6 is 0 Å². The molecule has 0 spiro atoms. The van der Waals surface area contributed by atoms with Crippen molar-refractivity contribution in [1.29, 1.82) is 0 Å². The molecule has 1 aliphatic carbocycles. The highest BCUT2D eigenvalue weighted by molar-refractivity contribution is 5.98. The van der Waals surface area contributed by atoms with Gasteiger partial charge in [-0.25, -0.2) is 8.78 Å². The second kappa shape index (κ2) is 10.8. The van der Waals surface area contributed by atoms with Gasteiger partial charge in [-0.2, -0.15) is 0 Å². The van der Waals surface area contributed by atoms with Crippen molar-refractivity contribution < 1.29 is 24.6 Å². The van der Waals surface area contributed by atoms with E-state index in [1.165, 1.54) is 23.1 Å². The molecule has 3 rings (SSSR count). The van der Waals surface area contributed by atoms with Gasteiger partial charge in [-0.05, 0) is 37.7 Å². The zero-order valence-electron chi connectivity index (χ0n) is 21.8. The first-order valence-electron chi connectivity index (χ1n) is 13.0. The molecule has 1 aromatic carbocycles. The summed E-state index contributed by atoms with van der Waals surface area (Å²) in [6.07, 6.45) is 5.27. The van der Waals surface area contributed by atoms with Crippen molar-refractivity contribution in [2.75, 3.05) is 13.1 Å². The predicted molar refractivity (Wildman–Crippen MR) is 134 cm³/mol. The molecule has 196 valence electrons. The maximum atomic E-state index is 16.2. The van der Waals surface area contributed by atoms with Crippen molar-refractivity contribution in [1.82, 2.24) is 10.2 Å². The molecule has 1 heterocycles. The van der Waals surface area contributed by atoms with Crippen LogP contribution in [0, 0.1) is 23.1 Å². The predicted octanol–water partition coefficient (Wildman–Crippen LogP) is 5.81. The van der Waals surface area contributed by atoms with Crippen LogP contribution in [0.3, 0.4) is 0 Å². The summed E-state index contributed by atoms with van der Waals surface area (Å²) in [6, 6.07) is 3.48. The fourth-order valence-corrected chi connectivity index (χ4v) is 5.40. The summed E-state index contributed by atoms with van der Waals surface area (Å²) < 4.78 is 31.9. The summed E-state index contributed by atoms with van der Waals surface area (Å²) in [4.78, 5) is 40.3. The number of halogens is 2. The number of amides is 2. The number of alkyl halides is 1. The van der Waals surface area contributed by atoms with E-state index < -0.39 is 28.8 Å². The molecular weight excluding hydrogens is 450 g/mol. The number of Topliss-reactive ketones (excluding diaryl/α,β-unsaturated/α-hetero) is 1. The number of benzene rings is 1. The van der Waals surface area contributed by atoms with Crippen LogP contribution in [-0.2, 0) is 15.3 Å². The Bertz CT molecular complexity index is 957. The lowest BCUT2D eigenvalue weighted by atomic mass is 9.80. The van der Waals surface area contributed by atoms with Crippen LogP contribution < -0.4 is 5.32 Å². The van der Waals surface area contributed by atoms with Gasteiger partial charge in [-0.1, -0.05) is 66.0 Å². The largest absolute Gasteiger partial charge is 0.342 e. The highest BCUT2D eigenvalue weighted by atomic mass is 19.1. The molecule has 1 N–H and O–H groups in total. The third kappa shape index (κ3) is 6.10. The van der Waals surface area contributed by atoms with Crippen molar-refractivity contribution >= 4 is 17.6 Å². The molecule has 0 unspecified atom stereocenters. The third-order valence-corrected chi connectivity index (χ3v) is 7.38. The summed E-state index contributed by atoms with van der Waals surface area (Å²) in [7, 11) is 0. The van der Waals surface area contributed by atoms with Crippen LogP contribution in [0.2, 0.25) is 0 Å². The van der Waals surface area contributed by atoms with Crippen molar-refractivity contribution in [3.63, 3.8) is 0 Å². The van der Waals surface area contributed by atoms with E-state index in [0.29, 0.717) is 13.0 Å². The minimum atomic E-state index is -2.09. The Morgan fingerprint density at radius 3 is 2.37 bits per heavy atom. The summed E-state index contributed by atoms with van der Waals surface area (Å²) >= 11 is 0. The standard InChI is InChI=1S/C28H40F2N2O3.H2/c1-18(2)24(33)23(19-11-7-6-8-12-19)31-25(34)20-13-9-14-21(22(20)29)28(30)15-10-16-32(17-28)26(35)27(3,4)5;/h9,13-14,18-19,23H,6-8,10-12,15-17H2,1-5H3,(H,31,34);1H/t23-,28-;/m1./s1. The molecular formula is C28H42F2N2O3. The topological polar surface area (TPSA) is 66.5 Å². The van der Waals surface area contributed by atoms with Gasteiger partial charge in [-0.3, -0.25) is 14.4 Å². The number of nitrogens with one attached hydrogen (secondary N) is 1. The monoisotopic (exact) mass is 492 g/mol. The Balaban J connectivity index is 0.00000456. The lowest BCUT2D eigenvalue weighted by Crippen LogP contribution is -2.50. The maximum Gasteiger partial charge on any atom is 0.254 e. The first kappa shape index (κ1) is 27.3. The fourth-order valence-electron chi connectivity index (χ4n) is 5.40. The van der Waals surface area contributed by atoms with Crippen LogP contribution in [-0.4, -0.2) is 41.6 Å². The second-order valence-corrected chi connectivity index (χ2v) is 11.6. The van der Waals surface area contributed by atoms with E-state index in [1.54, 1.807) is 34.6 Å². The van der Waals surface area contributed by atoms with Gasteiger partial charge in [0, 0.05) is 24.9 Å². The smallest absolute Gasteiger partial charge is 0.254 e. The first-order chi connectivity index (χ1) is 16.3. The lowest BCUT2D eigenvalue weighted by Gasteiger charge is -2.40. The second-order valence-electron chi connectivity index (χ2n) is 11.6. The molecule has 1 saturated carbocycles. The van der Waals surface area contributed by atoms with Crippen molar-refractivity contribution in [2.45, 2.75) is 91.3 Å². The quantitative estimate of drug-likeness (QED) is 0.545. The minimum Gasteiger partial charge on any atom is -0.342 e. The number of carbonyl (C=O) groups excluding carboxylic acids is 3. The van der Waals surface area contributed by atoms with Crippen molar-refractivity contribution in [3.8, 4) is 0 Å². The number of hydrogen-bond donors (Lipinski definition) is 1. The number of likely N-dealkylation sites (tertiary alicyclic amines) is 1. The van der Waals surface area contributed by atoms with Crippen LogP contribution in [0.5, 0.6) is 0 Å². The Labute approximate surface area is 209 Å². The first-order valence-corrected chi connectivity index (χ1v) is 13.0. The van der Waals surface area contributed by atoms with Crippen LogP contribution in [0.4, 0.5) is 8.78 Å². The molecule has 2 fully saturated rings. The Kier molecular flexibility index (Phi) is 8.38. The van der Waals surface area contributed by atoms with E-state index in [0.717, 1.165) is 32.1 Å². The number of ketones is 1. The van der Waals surface area contributed by atoms with E-state index >= 15 is 8.78 Å². The summed E-state index contributed by atoms with van der Waals surface area (Å²) in [5.41, 5.74) is -3.23. The fraction of sp³-hybridized carbons (Fsp3) is 0.679. The molecule has 2 atom stereocenters. The van der Waals surface area contributed by atoms with Crippen LogP contribution in [0.25, 0.3) is 0 Å². The zero-order chi connectivity index (χ0) is 26.0. The number of carbonyl (C=O) groups is 3. The molecule has 2 amide bonds. The van der Waals surface area contributed by atoms with Crippen LogP contribution in [0.1, 0.15) is 96.9 Å². The molecule has 2 aliphatic rings. The van der Waals surface area contributed by atoms with E-state index in [1.807, 2.05) is 0 Å². The summed E-state index contributed by atoms with van der Waals surface area (Å²) in [5, 5.41) is 2.80. The van der Waals surface area contributed by atoms with Gasteiger partial charge < -0.3 is 10.2 Å². The Morgan fingerprint density at radius 1 is 1.11 bits per heavy atom. The number of piperidine rings is 1. The number of rotatable bonds is 6. The number of nitrogens with zero attached hydrogens (tertiary/aromatic N) is 1. The lowest BCUT2D eigenvalue weighted by molar-refractivity contribution is -0.144. The molecule has 0 bridgehead atoms. The average Bonchev–Trinajstić information content (AvgIpc) is 2.81. The van der Waals surface area contributed by atoms with Crippen LogP contribution in [0.15, 0.2) is 18.2 Å². The van der Waals surface area contributed by atoms with Crippen molar-refractivity contribution in [2.24, 2.45) is 17.3 Å². The molecule has 35 heavy (non-hydrogen) atoms. The maximum absolute atomic E-state index is 16.2. The SMILES string of the molecule is CC(C)C(=O)[C@H](NC(=O)c1cccc([C@@]2(F)CCCN(C(=O)C(C)(C)C)C2)c1F)C1CCCCC1.[HH]. The van der Waals surface area contributed by atoms with Gasteiger partial charge in [0.25, 0.3) is 5.91 Å². The van der Waals surface area contributed by atoms with E-state index in [9.17, 15) is 14.4 Å². The third-order valence-electron chi connectivity index (χ3n) is 7.38. The van der Waals surface area contributed by atoms with Gasteiger partial charge in [0.1, 0.15) is 5.82 Å². The van der Waals surface area contributed by atoms with Gasteiger partial charge in [0.15, 0.2) is 11.5 Å². The number of hydrogen-bond acceptors (Lipinski definition) is 3. The van der Waals surface area contributed by atoms with Crippen molar-refractivity contribution in [3.05, 3.63) is 35.1 Å². The molecule has 1 aliphatic heterocycles. The van der Waals surface area contributed by atoms with Gasteiger partial charge in [-0.15, -0.1) is 0 Å². The zero-order valence-corrected chi connectivity index (χ0v) is 21.8. The van der Waals surface area contributed by atoms with E-state index in [4.69, 9.17) is 0 Å². The highest BCUT2D eigenvalue weighted by Gasteiger charge is 2.43. The summed E-state index contributed by atoms with van der Waals surface area (Å²) in [5.74, 6) is -2.10. The Hall–Kier alpha value is -2.31. The molecule has 7 heteroatoms. The van der Waals surface area contributed by atoms with Gasteiger partial charge in [0.05, 0.1) is 18.2 Å². The molecule has 1 aromatic rings. The molecule has 0 aromatic heterocycles. The molecule has 1 saturated heterocycles. The Morgan fingerprint density at radius 2 is 1.77 bits per heavy atom. The van der Waals surface area contributed by atoms with Gasteiger partial charge >= 0.3 is 0 Å².